The second-order valence-electron chi connectivity index (χ2n) is 12.8. The van der Waals surface area contributed by atoms with Crippen molar-refractivity contribution >= 4 is 34.8 Å². The number of allylic oxidation sites excluding steroid dienone is 1. The molecular weight excluding hydrogens is 584 g/mol. The number of carbonyl (C=O) groups excluding carboxylic acids is 3. The molecule has 3 amide bonds. The van der Waals surface area contributed by atoms with E-state index in [1.165, 1.54) is 5.56 Å². The molecule has 1 aliphatic heterocycles. The van der Waals surface area contributed by atoms with Gasteiger partial charge in [-0.15, -0.1) is 6.58 Å². The minimum atomic E-state index is -0.880. The Morgan fingerprint density at radius 2 is 1.60 bits per heavy atom. The zero-order valence-electron chi connectivity index (χ0n) is 26.8. The zero-order valence-corrected chi connectivity index (χ0v) is 26.8. The highest BCUT2D eigenvalue weighted by atomic mass is 16.2. The first-order chi connectivity index (χ1) is 22.8. The van der Waals surface area contributed by atoms with Crippen LogP contribution >= 0.6 is 0 Å². The third-order valence-corrected chi connectivity index (χ3v) is 9.32. The Bertz CT molecular complexity index is 1750. The number of anilines is 3. The molecule has 0 radical (unpaired) electrons. The first kappa shape index (κ1) is 31.8. The SMILES string of the molecule is C=CC[C@H](C(N)=O)[C@@H](CC1CC1)C(=O)NC1CN(c2ccccc2)c2ccccc2N(Cc2cccc(-c3ccc(C)cc3)c2)C1=O. The molecule has 1 fully saturated rings. The minimum absolute atomic E-state index is 0.213. The van der Waals surface area contributed by atoms with Crippen LogP contribution in [0.2, 0.25) is 0 Å². The number of benzene rings is 4. The summed E-state index contributed by atoms with van der Waals surface area (Å²) in [5.41, 5.74) is 12.7. The molecular formula is C40H42N4O3. The Labute approximate surface area is 277 Å². The van der Waals surface area contributed by atoms with Gasteiger partial charge in [0.1, 0.15) is 6.04 Å². The Balaban J connectivity index is 1.37. The second kappa shape index (κ2) is 14.1. The maximum atomic E-state index is 14.7. The number of carbonyl (C=O) groups is 3. The van der Waals surface area contributed by atoms with Gasteiger partial charge >= 0.3 is 0 Å². The number of nitrogens with two attached hydrogens (primary N) is 1. The van der Waals surface area contributed by atoms with E-state index in [9.17, 15) is 14.4 Å². The van der Waals surface area contributed by atoms with Gasteiger partial charge in [-0.25, -0.2) is 0 Å². The molecule has 4 aromatic carbocycles. The van der Waals surface area contributed by atoms with Crippen molar-refractivity contribution in [1.82, 2.24) is 5.32 Å². The van der Waals surface area contributed by atoms with Crippen LogP contribution in [0.4, 0.5) is 17.1 Å². The number of amides is 3. The molecule has 1 unspecified atom stereocenters. The average Bonchev–Trinajstić information content (AvgIpc) is 3.92. The second-order valence-corrected chi connectivity index (χ2v) is 12.8. The fourth-order valence-corrected chi connectivity index (χ4v) is 6.59. The van der Waals surface area contributed by atoms with Crippen molar-refractivity contribution in [2.24, 2.45) is 23.5 Å². The Kier molecular flexibility index (Phi) is 9.52. The molecule has 240 valence electrons. The zero-order chi connectivity index (χ0) is 32.9. The molecule has 0 aromatic heterocycles. The Hall–Kier alpha value is -5.17. The molecule has 6 rings (SSSR count). The molecule has 47 heavy (non-hydrogen) atoms. The van der Waals surface area contributed by atoms with Crippen LogP contribution < -0.4 is 20.9 Å². The number of hydrogen-bond acceptors (Lipinski definition) is 4. The summed E-state index contributed by atoms with van der Waals surface area (Å²) in [7, 11) is 0. The van der Waals surface area contributed by atoms with E-state index in [-0.39, 0.29) is 18.4 Å². The third-order valence-electron chi connectivity index (χ3n) is 9.32. The number of nitrogens with zero attached hydrogens (tertiary/aromatic N) is 2. The van der Waals surface area contributed by atoms with Crippen molar-refractivity contribution in [3.8, 4) is 11.1 Å². The fraction of sp³-hybridized carbons (Fsp3) is 0.275. The summed E-state index contributed by atoms with van der Waals surface area (Å²) < 4.78 is 0. The standard InChI is InChI=1S/C40H42N4O3/c1-3-10-33(38(41)45)34(24-28-19-20-28)39(46)42-35-26-43(32-13-5-4-6-14-32)36-15-7-8-16-37(36)44(40(35)47)25-29-11-9-12-31(23-29)30-21-17-27(2)18-22-30/h3-9,11-18,21-23,28,33-35H,1,10,19-20,24-26H2,2H3,(H2,41,45)(H,42,46)/t33-,34+,35?/m0/s1. The predicted molar refractivity (Wildman–Crippen MR) is 188 cm³/mol. The van der Waals surface area contributed by atoms with Crippen molar-refractivity contribution in [2.45, 2.75) is 45.2 Å². The van der Waals surface area contributed by atoms with Crippen LogP contribution in [0.15, 0.2) is 116 Å². The van der Waals surface area contributed by atoms with E-state index in [2.05, 4.69) is 60.1 Å². The molecule has 1 saturated carbocycles. The average molecular weight is 627 g/mol. The normalized spacial score (nSPS) is 17.3. The van der Waals surface area contributed by atoms with Crippen LogP contribution in [-0.2, 0) is 20.9 Å². The molecule has 3 N–H and O–H groups in total. The monoisotopic (exact) mass is 626 g/mol. The topological polar surface area (TPSA) is 95.7 Å². The molecule has 0 bridgehead atoms. The van der Waals surface area contributed by atoms with Crippen molar-refractivity contribution in [3.05, 3.63) is 127 Å². The first-order valence-corrected chi connectivity index (χ1v) is 16.4. The van der Waals surface area contributed by atoms with Gasteiger partial charge in [-0.2, -0.15) is 0 Å². The molecule has 1 heterocycles. The van der Waals surface area contributed by atoms with Gasteiger partial charge in [0, 0.05) is 5.69 Å². The van der Waals surface area contributed by atoms with E-state index < -0.39 is 23.8 Å². The largest absolute Gasteiger partial charge is 0.369 e. The van der Waals surface area contributed by atoms with Crippen LogP contribution in [0, 0.1) is 24.7 Å². The van der Waals surface area contributed by atoms with E-state index in [4.69, 9.17) is 5.73 Å². The smallest absolute Gasteiger partial charge is 0.251 e. The van der Waals surface area contributed by atoms with Crippen LogP contribution in [0.5, 0.6) is 0 Å². The summed E-state index contributed by atoms with van der Waals surface area (Å²) in [4.78, 5) is 45.2. The highest BCUT2D eigenvalue weighted by Crippen LogP contribution is 2.40. The number of rotatable bonds is 12. The highest BCUT2D eigenvalue weighted by Gasteiger charge is 2.40. The lowest BCUT2D eigenvalue weighted by Gasteiger charge is -2.29. The number of nitrogens with one attached hydrogen (secondary N) is 1. The van der Waals surface area contributed by atoms with Gasteiger partial charge in [0.05, 0.1) is 36.3 Å². The fourth-order valence-electron chi connectivity index (χ4n) is 6.59. The van der Waals surface area contributed by atoms with Gasteiger partial charge < -0.3 is 20.9 Å². The number of primary amides is 1. The quantitative estimate of drug-likeness (QED) is 0.167. The van der Waals surface area contributed by atoms with Gasteiger partial charge in [0.2, 0.25) is 11.8 Å². The Morgan fingerprint density at radius 1 is 0.894 bits per heavy atom. The number of aryl methyl sites for hydroxylation is 1. The van der Waals surface area contributed by atoms with Gasteiger partial charge in [0.25, 0.3) is 5.91 Å². The van der Waals surface area contributed by atoms with E-state index in [1.807, 2.05) is 66.7 Å². The van der Waals surface area contributed by atoms with Crippen molar-refractivity contribution in [3.63, 3.8) is 0 Å². The summed E-state index contributed by atoms with van der Waals surface area (Å²) >= 11 is 0. The van der Waals surface area contributed by atoms with Crippen LogP contribution in [0.1, 0.15) is 36.8 Å². The van der Waals surface area contributed by atoms with Crippen molar-refractivity contribution in [2.75, 3.05) is 16.3 Å². The predicted octanol–water partition coefficient (Wildman–Crippen LogP) is 6.93. The van der Waals surface area contributed by atoms with Gasteiger partial charge in [-0.05, 0) is 72.7 Å². The molecule has 3 atom stereocenters. The lowest BCUT2D eigenvalue weighted by Crippen LogP contribution is -2.54. The number of para-hydroxylation sites is 3. The van der Waals surface area contributed by atoms with Gasteiger partial charge in [0.15, 0.2) is 0 Å². The summed E-state index contributed by atoms with van der Waals surface area (Å²) in [6, 6.07) is 33.5. The van der Waals surface area contributed by atoms with Crippen LogP contribution in [0.25, 0.3) is 11.1 Å². The maximum absolute atomic E-state index is 14.7. The van der Waals surface area contributed by atoms with E-state index in [0.29, 0.717) is 25.3 Å². The molecule has 7 nitrogen and oxygen atoms in total. The number of fused-ring (bicyclic) bond motifs is 1. The van der Waals surface area contributed by atoms with Gasteiger partial charge in [-0.3, -0.25) is 14.4 Å². The first-order valence-electron chi connectivity index (χ1n) is 16.4. The number of hydrogen-bond donors (Lipinski definition) is 2. The molecule has 2 aliphatic rings. The van der Waals surface area contributed by atoms with Crippen LogP contribution in [0.3, 0.4) is 0 Å². The van der Waals surface area contributed by atoms with E-state index in [1.54, 1.807) is 11.0 Å². The molecule has 0 saturated heterocycles. The van der Waals surface area contributed by atoms with Crippen molar-refractivity contribution in [1.29, 1.82) is 0 Å². The van der Waals surface area contributed by atoms with E-state index in [0.717, 1.165) is 46.6 Å². The summed E-state index contributed by atoms with van der Waals surface area (Å²) in [6.45, 7) is 6.41. The molecule has 4 aromatic rings. The maximum Gasteiger partial charge on any atom is 0.251 e. The summed E-state index contributed by atoms with van der Waals surface area (Å²) in [6.07, 6.45) is 4.56. The summed E-state index contributed by atoms with van der Waals surface area (Å²) in [5, 5.41) is 3.11. The van der Waals surface area contributed by atoms with E-state index >= 15 is 0 Å². The summed E-state index contributed by atoms with van der Waals surface area (Å²) in [5.74, 6) is -2.00. The molecule has 7 heteroatoms. The highest BCUT2D eigenvalue weighted by molar-refractivity contribution is 6.04. The van der Waals surface area contributed by atoms with Crippen molar-refractivity contribution < 1.29 is 14.4 Å². The minimum Gasteiger partial charge on any atom is -0.369 e. The molecule has 1 aliphatic carbocycles. The van der Waals surface area contributed by atoms with Gasteiger partial charge in [-0.1, -0.05) is 97.3 Å². The van der Waals surface area contributed by atoms with Crippen LogP contribution in [-0.4, -0.2) is 30.3 Å². The Morgan fingerprint density at radius 3 is 2.28 bits per heavy atom. The molecule has 0 spiro atoms. The lowest BCUT2D eigenvalue weighted by atomic mass is 9.84. The lowest BCUT2D eigenvalue weighted by molar-refractivity contribution is -0.135. The third kappa shape index (κ3) is 7.30.